The van der Waals surface area contributed by atoms with Gasteiger partial charge in [-0.2, -0.15) is 0 Å². The van der Waals surface area contributed by atoms with Gasteiger partial charge in [0.2, 0.25) is 0 Å². The van der Waals surface area contributed by atoms with E-state index in [9.17, 15) is 14.4 Å². The normalized spacial score (nSPS) is 10.4. The average molecular weight is 383 g/mol. The Kier molecular flexibility index (Phi) is 7.33. The summed E-state index contributed by atoms with van der Waals surface area (Å²) in [6, 6.07) is 11.7. The molecule has 0 aromatic heterocycles. The second-order valence-corrected chi connectivity index (χ2v) is 5.70. The molecular formula is C21H21NO6. The maximum atomic E-state index is 12.0. The molecule has 2 rings (SSSR count). The number of ketones is 1. The number of amides is 1. The van der Waals surface area contributed by atoms with Crippen molar-refractivity contribution in [3.8, 4) is 11.5 Å². The zero-order chi connectivity index (χ0) is 20.5. The van der Waals surface area contributed by atoms with Crippen molar-refractivity contribution < 1.29 is 28.6 Å². The number of para-hydroxylation sites is 1. The molecule has 0 fully saturated rings. The number of ether oxygens (including phenoxy) is 3. The van der Waals surface area contributed by atoms with Crippen molar-refractivity contribution in [1.29, 1.82) is 0 Å². The van der Waals surface area contributed by atoms with Crippen LogP contribution in [0.5, 0.6) is 11.5 Å². The Morgan fingerprint density at radius 3 is 2.46 bits per heavy atom. The molecule has 7 nitrogen and oxygen atoms in total. The Labute approximate surface area is 162 Å². The molecule has 1 N–H and O–H groups in total. The number of carbonyl (C=O) groups is 3. The number of nitrogens with one attached hydrogen (secondary N) is 1. The first kappa shape index (κ1) is 20.7. The number of Topliss-reactive ketones (excluding diaryl/α,β-unsaturated/α-hetero) is 1. The quantitative estimate of drug-likeness (QED) is 0.428. The number of carbonyl (C=O) groups excluding carboxylic acids is 3. The summed E-state index contributed by atoms with van der Waals surface area (Å²) >= 11 is 0. The SMILES string of the molecule is COc1ccc(/C=C/C(=O)OCC(=O)Nc2ccccc2C(C)=O)c(OC)c1. The largest absolute Gasteiger partial charge is 0.497 e. The molecule has 0 aliphatic heterocycles. The molecule has 2 aromatic carbocycles. The van der Waals surface area contributed by atoms with Crippen LogP contribution in [0, 0.1) is 0 Å². The molecule has 28 heavy (non-hydrogen) atoms. The first-order valence-electron chi connectivity index (χ1n) is 8.41. The predicted octanol–water partition coefficient (Wildman–Crippen LogP) is 3.10. The van der Waals surface area contributed by atoms with Crippen LogP contribution in [-0.4, -0.2) is 38.5 Å². The Balaban J connectivity index is 1.93. The van der Waals surface area contributed by atoms with Crippen molar-refractivity contribution in [3.05, 3.63) is 59.7 Å². The lowest BCUT2D eigenvalue weighted by Gasteiger charge is -2.09. The number of anilines is 1. The van der Waals surface area contributed by atoms with Gasteiger partial charge >= 0.3 is 5.97 Å². The summed E-state index contributed by atoms with van der Waals surface area (Å²) in [4.78, 5) is 35.4. The summed E-state index contributed by atoms with van der Waals surface area (Å²) in [6.45, 7) is 0.929. The van der Waals surface area contributed by atoms with Crippen molar-refractivity contribution in [1.82, 2.24) is 0 Å². The maximum absolute atomic E-state index is 12.0. The fourth-order valence-electron chi connectivity index (χ4n) is 2.38. The number of hydrogen-bond acceptors (Lipinski definition) is 6. The second kappa shape index (κ2) is 9.91. The Morgan fingerprint density at radius 1 is 1.04 bits per heavy atom. The third-order valence-corrected chi connectivity index (χ3v) is 3.77. The predicted molar refractivity (Wildman–Crippen MR) is 105 cm³/mol. The van der Waals surface area contributed by atoms with Gasteiger partial charge in [-0.25, -0.2) is 4.79 Å². The molecule has 0 atom stereocenters. The molecule has 0 heterocycles. The summed E-state index contributed by atoms with van der Waals surface area (Å²) in [5.41, 5.74) is 1.41. The van der Waals surface area contributed by atoms with Crippen LogP contribution in [0.2, 0.25) is 0 Å². The number of hydrogen-bond donors (Lipinski definition) is 1. The fourth-order valence-corrected chi connectivity index (χ4v) is 2.38. The van der Waals surface area contributed by atoms with Crippen LogP contribution in [0.3, 0.4) is 0 Å². The molecule has 0 saturated heterocycles. The van der Waals surface area contributed by atoms with Crippen LogP contribution in [0.15, 0.2) is 48.5 Å². The summed E-state index contributed by atoms with van der Waals surface area (Å²) in [5.74, 6) is -0.254. The molecule has 0 bridgehead atoms. The van der Waals surface area contributed by atoms with Gasteiger partial charge in [0.15, 0.2) is 12.4 Å². The van der Waals surface area contributed by atoms with E-state index in [1.165, 1.54) is 26.2 Å². The van der Waals surface area contributed by atoms with Crippen molar-refractivity contribution in [3.63, 3.8) is 0 Å². The second-order valence-electron chi connectivity index (χ2n) is 5.70. The fraction of sp³-hybridized carbons (Fsp3) is 0.190. The maximum Gasteiger partial charge on any atom is 0.331 e. The minimum atomic E-state index is -0.687. The van der Waals surface area contributed by atoms with Crippen LogP contribution in [0.1, 0.15) is 22.8 Å². The third kappa shape index (κ3) is 5.70. The molecule has 146 valence electrons. The average Bonchev–Trinajstić information content (AvgIpc) is 2.70. The van der Waals surface area contributed by atoms with Crippen molar-refractivity contribution in [2.45, 2.75) is 6.92 Å². The lowest BCUT2D eigenvalue weighted by atomic mass is 10.1. The van der Waals surface area contributed by atoms with Crippen molar-refractivity contribution in [2.75, 3.05) is 26.1 Å². The molecule has 1 amide bonds. The first-order valence-corrected chi connectivity index (χ1v) is 8.41. The zero-order valence-corrected chi connectivity index (χ0v) is 15.9. The number of methoxy groups -OCH3 is 2. The first-order chi connectivity index (χ1) is 13.4. The lowest BCUT2D eigenvalue weighted by Crippen LogP contribution is -2.21. The highest BCUT2D eigenvalue weighted by molar-refractivity contribution is 6.04. The highest BCUT2D eigenvalue weighted by atomic mass is 16.5. The Hall–Kier alpha value is -3.61. The highest BCUT2D eigenvalue weighted by Gasteiger charge is 2.11. The molecule has 0 saturated carbocycles. The van der Waals surface area contributed by atoms with E-state index in [-0.39, 0.29) is 5.78 Å². The molecular weight excluding hydrogens is 362 g/mol. The number of benzene rings is 2. The molecule has 0 aliphatic carbocycles. The third-order valence-electron chi connectivity index (χ3n) is 3.77. The molecule has 0 spiro atoms. The Morgan fingerprint density at radius 2 is 1.79 bits per heavy atom. The van der Waals surface area contributed by atoms with Crippen LogP contribution in [0.4, 0.5) is 5.69 Å². The van der Waals surface area contributed by atoms with Gasteiger partial charge in [0.25, 0.3) is 5.91 Å². The van der Waals surface area contributed by atoms with Crippen LogP contribution in [-0.2, 0) is 14.3 Å². The van der Waals surface area contributed by atoms with Crippen molar-refractivity contribution in [2.24, 2.45) is 0 Å². The minimum absolute atomic E-state index is 0.177. The molecule has 0 radical (unpaired) electrons. The van der Waals surface area contributed by atoms with E-state index < -0.39 is 18.5 Å². The van der Waals surface area contributed by atoms with Crippen LogP contribution < -0.4 is 14.8 Å². The smallest absolute Gasteiger partial charge is 0.331 e. The van der Waals surface area contributed by atoms with E-state index in [2.05, 4.69) is 5.32 Å². The lowest BCUT2D eigenvalue weighted by molar-refractivity contribution is -0.142. The van der Waals surface area contributed by atoms with Gasteiger partial charge in [-0.3, -0.25) is 9.59 Å². The topological polar surface area (TPSA) is 90.9 Å². The number of rotatable bonds is 8. The van der Waals surface area contributed by atoms with Gasteiger partial charge in [0.05, 0.1) is 19.9 Å². The van der Waals surface area contributed by atoms with Gasteiger partial charge in [-0.05, 0) is 37.3 Å². The summed E-state index contributed by atoms with van der Waals surface area (Å²) < 4.78 is 15.3. The monoisotopic (exact) mass is 383 g/mol. The van der Waals surface area contributed by atoms with E-state index in [4.69, 9.17) is 14.2 Å². The van der Waals surface area contributed by atoms with Crippen molar-refractivity contribution >= 4 is 29.4 Å². The van der Waals surface area contributed by atoms with Gasteiger partial charge < -0.3 is 19.5 Å². The molecule has 0 aliphatic rings. The highest BCUT2D eigenvalue weighted by Crippen LogP contribution is 2.25. The summed E-state index contributed by atoms with van der Waals surface area (Å²) in [6.07, 6.45) is 2.71. The van der Waals surface area contributed by atoms with E-state index in [1.54, 1.807) is 49.6 Å². The van der Waals surface area contributed by atoms with Gasteiger partial charge in [-0.15, -0.1) is 0 Å². The molecule has 0 unspecified atom stereocenters. The van der Waals surface area contributed by atoms with E-state index in [1.807, 2.05) is 0 Å². The van der Waals surface area contributed by atoms with E-state index in [0.717, 1.165) is 0 Å². The molecule has 2 aromatic rings. The van der Waals surface area contributed by atoms with Gasteiger partial charge in [-0.1, -0.05) is 12.1 Å². The zero-order valence-electron chi connectivity index (χ0n) is 15.9. The molecule has 7 heteroatoms. The minimum Gasteiger partial charge on any atom is -0.497 e. The van der Waals surface area contributed by atoms with Crippen LogP contribution in [0.25, 0.3) is 6.08 Å². The van der Waals surface area contributed by atoms with E-state index >= 15 is 0 Å². The standard InChI is InChI=1S/C21H21NO6/c1-14(23)17-6-4-5-7-18(17)22-20(24)13-28-21(25)11-9-15-8-10-16(26-2)12-19(15)27-3/h4-12H,13H2,1-3H3,(H,22,24)/b11-9+. The van der Waals surface area contributed by atoms with Gasteiger partial charge in [0.1, 0.15) is 11.5 Å². The Bertz CT molecular complexity index is 904. The van der Waals surface area contributed by atoms with Gasteiger partial charge in [0, 0.05) is 23.3 Å². The number of esters is 1. The van der Waals surface area contributed by atoms with Crippen LogP contribution >= 0.6 is 0 Å². The summed E-state index contributed by atoms with van der Waals surface area (Å²) in [7, 11) is 3.05. The van der Waals surface area contributed by atoms with E-state index in [0.29, 0.717) is 28.3 Å². The summed E-state index contributed by atoms with van der Waals surface area (Å²) in [5, 5.41) is 2.56.